The van der Waals surface area contributed by atoms with E-state index in [-0.39, 0.29) is 0 Å². The zero-order chi connectivity index (χ0) is 14.5. The van der Waals surface area contributed by atoms with E-state index in [0.29, 0.717) is 0 Å². The molecule has 0 aliphatic carbocycles. The standard InChI is InChI=1S/C17H19NO2/c1-12-9-13(2)17(20-4)14(10-12)11-18-15-5-7-16(19-3)8-6-15/h5-11H,1-4H3. The molecule has 0 unspecified atom stereocenters. The van der Waals surface area contributed by atoms with Gasteiger partial charge in [-0.25, -0.2) is 0 Å². The second-order valence-electron chi connectivity index (χ2n) is 4.66. The van der Waals surface area contributed by atoms with Crippen molar-refractivity contribution in [2.24, 2.45) is 4.99 Å². The SMILES string of the molecule is COc1ccc(N=Cc2cc(C)cc(C)c2OC)cc1. The van der Waals surface area contributed by atoms with Crippen molar-refractivity contribution < 1.29 is 9.47 Å². The lowest BCUT2D eigenvalue weighted by molar-refractivity contribution is 0.411. The zero-order valence-electron chi connectivity index (χ0n) is 12.3. The highest BCUT2D eigenvalue weighted by Crippen LogP contribution is 2.24. The van der Waals surface area contributed by atoms with Crippen LogP contribution in [0.4, 0.5) is 5.69 Å². The monoisotopic (exact) mass is 269 g/mol. The van der Waals surface area contributed by atoms with Gasteiger partial charge in [-0.15, -0.1) is 0 Å². The topological polar surface area (TPSA) is 30.8 Å². The van der Waals surface area contributed by atoms with E-state index in [0.717, 1.165) is 28.3 Å². The van der Waals surface area contributed by atoms with Gasteiger partial charge in [0, 0.05) is 11.8 Å². The largest absolute Gasteiger partial charge is 0.497 e. The van der Waals surface area contributed by atoms with Gasteiger partial charge in [0.25, 0.3) is 0 Å². The first-order chi connectivity index (χ1) is 9.63. The van der Waals surface area contributed by atoms with Gasteiger partial charge in [-0.2, -0.15) is 0 Å². The second kappa shape index (κ2) is 6.24. The Morgan fingerprint density at radius 2 is 1.65 bits per heavy atom. The normalized spacial score (nSPS) is 10.8. The summed E-state index contributed by atoms with van der Waals surface area (Å²) in [5.41, 5.74) is 4.18. The van der Waals surface area contributed by atoms with Crippen molar-refractivity contribution in [1.29, 1.82) is 0 Å². The molecule has 0 amide bonds. The maximum atomic E-state index is 5.44. The first-order valence-electron chi connectivity index (χ1n) is 6.47. The summed E-state index contributed by atoms with van der Waals surface area (Å²) in [7, 11) is 3.33. The molecule has 20 heavy (non-hydrogen) atoms. The molecule has 0 aliphatic rings. The molecule has 0 N–H and O–H groups in total. The van der Waals surface area contributed by atoms with Gasteiger partial charge in [0.05, 0.1) is 19.9 Å². The van der Waals surface area contributed by atoms with Crippen LogP contribution in [0, 0.1) is 13.8 Å². The van der Waals surface area contributed by atoms with Crippen LogP contribution in [0.15, 0.2) is 41.4 Å². The van der Waals surface area contributed by atoms with E-state index in [1.807, 2.05) is 37.4 Å². The summed E-state index contributed by atoms with van der Waals surface area (Å²) in [6.45, 7) is 4.10. The molecule has 0 bridgehead atoms. The summed E-state index contributed by atoms with van der Waals surface area (Å²) >= 11 is 0. The van der Waals surface area contributed by atoms with Crippen LogP contribution in [0.2, 0.25) is 0 Å². The van der Waals surface area contributed by atoms with Gasteiger partial charge in [-0.3, -0.25) is 4.99 Å². The van der Waals surface area contributed by atoms with Gasteiger partial charge >= 0.3 is 0 Å². The van der Waals surface area contributed by atoms with Crippen molar-refractivity contribution in [3.05, 3.63) is 53.1 Å². The third-order valence-corrected chi connectivity index (χ3v) is 3.08. The maximum absolute atomic E-state index is 5.44. The summed E-state index contributed by atoms with van der Waals surface area (Å²) in [5.74, 6) is 1.70. The van der Waals surface area contributed by atoms with Gasteiger partial charge in [0.2, 0.25) is 0 Å². The molecule has 0 saturated heterocycles. The lowest BCUT2D eigenvalue weighted by atomic mass is 10.1. The summed E-state index contributed by atoms with van der Waals surface area (Å²) < 4.78 is 10.6. The number of benzene rings is 2. The predicted molar refractivity (Wildman–Crippen MR) is 82.7 cm³/mol. The van der Waals surface area contributed by atoms with E-state index in [9.17, 15) is 0 Å². The highest BCUT2D eigenvalue weighted by atomic mass is 16.5. The van der Waals surface area contributed by atoms with Crippen LogP contribution >= 0.6 is 0 Å². The van der Waals surface area contributed by atoms with E-state index >= 15 is 0 Å². The smallest absolute Gasteiger partial charge is 0.130 e. The number of aliphatic imine (C=N–C) groups is 1. The van der Waals surface area contributed by atoms with Crippen molar-refractivity contribution in [2.75, 3.05) is 14.2 Å². The van der Waals surface area contributed by atoms with Crippen LogP contribution in [0.25, 0.3) is 0 Å². The van der Waals surface area contributed by atoms with Crippen molar-refractivity contribution in [3.8, 4) is 11.5 Å². The fraction of sp³-hybridized carbons (Fsp3) is 0.235. The molecule has 2 rings (SSSR count). The third-order valence-electron chi connectivity index (χ3n) is 3.08. The molecule has 3 heteroatoms. The Balaban J connectivity index is 2.30. The molecule has 0 aromatic heterocycles. The van der Waals surface area contributed by atoms with Crippen LogP contribution in [0.3, 0.4) is 0 Å². The minimum Gasteiger partial charge on any atom is -0.497 e. The molecular formula is C17H19NO2. The van der Waals surface area contributed by atoms with Gasteiger partial charge in [-0.05, 0) is 55.3 Å². The van der Waals surface area contributed by atoms with Gasteiger partial charge in [-0.1, -0.05) is 6.07 Å². The summed E-state index contributed by atoms with van der Waals surface area (Å²) in [6.07, 6.45) is 1.83. The Kier molecular flexibility index (Phi) is 4.41. The number of rotatable bonds is 4. The molecule has 2 aromatic rings. The fourth-order valence-corrected chi connectivity index (χ4v) is 2.17. The number of nitrogens with zero attached hydrogens (tertiary/aromatic N) is 1. The van der Waals surface area contributed by atoms with E-state index in [1.165, 1.54) is 5.56 Å². The lowest BCUT2D eigenvalue weighted by Gasteiger charge is -2.09. The molecule has 0 spiro atoms. The van der Waals surface area contributed by atoms with Crippen molar-refractivity contribution in [2.45, 2.75) is 13.8 Å². The Morgan fingerprint density at radius 1 is 0.950 bits per heavy atom. The number of aryl methyl sites for hydroxylation is 2. The quantitative estimate of drug-likeness (QED) is 0.783. The number of hydrogen-bond donors (Lipinski definition) is 0. The molecule has 0 saturated carbocycles. The maximum Gasteiger partial charge on any atom is 0.130 e. The van der Waals surface area contributed by atoms with E-state index in [4.69, 9.17) is 9.47 Å². The molecule has 104 valence electrons. The highest BCUT2D eigenvalue weighted by Gasteiger charge is 2.05. The number of hydrogen-bond acceptors (Lipinski definition) is 3. The summed E-state index contributed by atoms with van der Waals surface area (Å²) in [6, 6.07) is 11.8. The van der Waals surface area contributed by atoms with Crippen LogP contribution in [0.5, 0.6) is 11.5 Å². The van der Waals surface area contributed by atoms with E-state index in [2.05, 4.69) is 24.0 Å². The third kappa shape index (κ3) is 3.18. The number of ether oxygens (including phenoxy) is 2. The van der Waals surface area contributed by atoms with Crippen LogP contribution in [0.1, 0.15) is 16.7 Å². The van der Waals surface area contributed by atoms with Crippen molar-refractivity contribution in [1.82, 2.24) is 0 Å². The molecule has 2 aromatic carbocycles. The molecule has 0 radical (unpaired) electrons. The Labute approximate surface area is 119 Å². The number of methoxy groups -OCH3 is 2. The van der Waals surface area contributed by atoms with E-state index in [1.54, 1.807) is 14.2 Å². The Morgan fingerprint density at radius 3 is 2.25 bits per heavy atom. The van der Waals surface area contributed by atoms with Crippen molar-refractivity contribution in [3.63, 3.8) is 0 Å². The van der Waals surface area contributed by atoms with E-state index < -0.39 is 0 Å². The lowest BCUT2D eigenvalue weighted by Crippen LogP contribution is -1.95. The minimum atomic E-state index is 0.827. The highest BCUT2D eigenvalue weighted by molar-refractivity contribution is 5.86. The molecule has 0 atom stereocenters. The average molecular weight is 269 g/mol. The first kappa shape index (κ1) is 14.1. The summed E-state index contributed by atoms with van der Waals surface area (Å²) in [4.78, 5) is 4.48. The van der Waals surface area contributed by atoms with Gasteiger partial charge < -0.3 is 9.47 Å². The molecule has 3 nitrogen and oxygen atoms in total. The van der Waals surface area contributed by atoms with Crippen molar-refractivity contribution >= 4 is 11.9 Å². The molecular weight excluding hydrogens is 250 g/mol. The Hall–Kier alpha value is -2.29. The zero-order valence-corrected chi connectivity index (χ0v) is 12.3. The molecule has 0 fully saturated rings. The molecule has 0 aliphatic heterocycles. The summed E-state index contributed by atoms with van der Waals surface area (Å²) in [5, 5.41) is 0. The minimum absolute atomic E-state index is 0.827. The van der Waals surface area contributed by atoms with Crippen LogP contribution in [-0.2, 0) is 0 Å². The average Bonchev–Trinajstić information content (AvgIpc) is 2.45. The van der Waals surface area contributed by atoms with Gasteiger partial charge in [0.1, 0.15) is 11.5 Å². The van der Waals surface area contributed by atoms with Crippen LogP contribution < -0.4 is 9.47 Å². The predicted octanol–water partition coefficient (Wildman–Crippen LogP) is 4.07. The Bertz CT molecular complexity index is 616. The van der Waals surface area contributed by atoms with Crippen LogP contribution in [-0.4, -0.2) is 20.4 Å². The second-order valence-corrected chi connectivity index (χ2v) is 4.66. The van der Waals surface area contributed by atoms with Gasteiger partial charge in [0.15, 0.2) is 0 Å². The first-order valence-corrected chi connectivity index (χ1v) is 6.47. The molecule has 0 heterocycles. The fourth-order valence-electron chi connectivity index (χ4n) is 2.17.